The molecule has 0 fully saturated rings. The van der Waals surface area contributed by atoms with Crippen LogP contribution in [0.3, 0.4) is 0 Å². The highest BCUT2D eigenvalue weighted by Gasteiger charge is 2.15. The molecule has 0 radical (unpaired) electrons. The molecule has 0 spiro atoms. The number of hydrogen-bond donors (Lipinski definition) is 0. The van der Waals surface area contributed by atoms with Crippen molar-refractivity contribution >= 4 is 11.5 Å². The third-order valence-corrected chi connectivity index (χ3v) is 3.15. The minimum absolute atomic E-state index is 0.00479. The molecule has 3 nitrogen and oxygen atoms in total. The van der Waals surface area contributed by atoms with Crippen LogP contribution in [0.1, 0.15) is 22.3 Å². The fourth-order valence-corrected chi connectivity index (χ4v) is 2.02. The highest BCUT2D eigenvalue weighted by molar-refractivity contribution is 5.90. The molecular weight excluding hydrogens is 233 g/mol. The summed E-state index contributed by atoms with van der Waals surface area (Å²) < 4.78 is 18.1. The molecule has 0 amide bonds. The van der Waals surface area contributed by atoms with Crippen LogP contribution in [0.5, 0.6) is 0 Å². The number of hydrogen-bond acceptors (Lipinski definition) is 3. The molecule has 1 aromatic carbocycles. The average molecular weight is 249 g/mol. The molecule has 0 saturated heterocycles. The Morgan fingerprint density at radius 2 is 2.22 bits per heavy atom. The Hall–Kier alpha value is -1.68. The molecule has 0 bridgehead atoms. The highest BCUT2D eigenvalue weighted by atomic mass is 19.1. The van der Waals surface area contributed by atoms with Crippen LogP contribution in [-0.4, -0.2) is 38.1 Å². The fourth-order valence-electron chi connectivity index (χ4n) is 2.02. The number of methoxy groups -OCH3 is 1. The number of esters is 1. The minimum Gasteiger partial charge on any atom is -0.465 e. The van der Waals surface area contributed by atoms with Crippen LogP contribution in [0, 0.1) is 5.82 Å². The van der Waals surface area contributed by atoms with Crippen LogP contribution >= 0.6 is 0 Å². The van der Waals surface area contributed by atoms with Crippen molar-refractivity contribution in [3.63, 3.8) is 0 Å². The van der Waals surface area contributed by atoms with E-state index in [1.54, 1.807) is 12.1 Å². The zero-order chi connectivity index (χ0) is 13.1. The molecule has 4 heteroatoms. The van der Waals surface area contributed by atoms with E-state index in [1.165, 1.54) is 13.2 Å². The summed E-state index contributed by atoms with van der Waals surface area (Å²) in [6.45, 7) is 1.84. The van der Waals surface area contributed by atoms with E-state index in [2.05, 4.69) is 22.8 Å². The van der Waals surface area contributed by atoms with Crippen LogP contribution in [-0.2, 0) is 4.74 Å². The number of carbonyl (C=O) groups is 1. The van der Waals surface area contributed by atoms with Crippen LogP contribution in [0.25, 0.3) is 5.57 Å². The molecule has 1 aliphatic rings. The van der Waals surface area contributed by atoms with Gasteiger partial charge in [-0.15, -0.1) is 0 Å². The first-order valence-corrected chi connectivity index (χ1v) is 5.87. The molecule has 0 unspecified atom stereocenters. The summed E-state index contributed by atoms with van der Waals surface area (Å²) >= 11 is 0. The molecule has 96 valence electrons. The lowest BCUT2D eigenvalue weighted by atomic mass is 9.98. The predicted octanol–water partition coefficient (Wildman–Crippen LogP) is 2.33. The summed E-state index contributed by atoms with van der Waals surface area (Å²) in [5.41, 5.74) is 2.04. The van der Waals surface area contributed by atoms with Gasteiger partial charge in [0, 0.05) is 13.1 Å². The van der Waals surface area contributed by atoms with Crippen LogP contribution in [0.4, 0.5) is 4.39 Å². The third kappa shape index (κ3) is 2.59. The van der Waals surface area contributed by atoms with Crippen molar-refractivity contribution < 1.29 is 13.9 Å². The second kappa shape index (κ2) is 5.31. The maximum Gasteiger partial charge on any atom is 0.340 e. The van der Waals surface area contributed by atoms with Crippen molar-refractivity contribution in [3.8, 4) is 0 Å². The predicted molar refractivity (Wildman–Crippen MR) is 67.8 cm³/mol. The fraction of sp³-hybridized carbons (Fsp3) is 0.357. The van der Waals surface area contributed by atoms with E-state index in [9.17, 15) is 9.18 Å². The summed E-state index contributed by atoms with van der Waals surface area (Å²) in [6, 6.07) is 4.60. The van der Waals surface area contributed by atoms with Gasteiger partial charge < -0.3 is 9.64 Å². The van der Waals surface area contributed by atoms with E-state index in [4.69, 9.17) is 0 Å². The Kier molecular flexibility index (Phi) is 3.77. The van der Waals surface area contributed by atoms with Crippen molar-refractivity contribution in [1.82, 2.24) is 4.90 Å². The largest absolute Gasteiger partial charge is 0.465 e. The molecule has 0 N–H and O–H groups in total. The first-order chi connectivity index (χ1) is 8.61. The Morgan fingerprint density at radius 3 is 2.83 bits per heavy atom. The van der Waals surface area contributed by atoms with Crippen molar-refractivity contribution in [2.45, 2.75) is 6.42 Å². The average Bonchev–Trinajstić information content (AvgIpc) is 2.39. The molecule has 0 saturated carbocycles. The lowest BCUT2D eigenvalue weighted by molar-refractivity contribution is 0.0595. The second-order valence-electron chi connectivity index (χ2n) is 4.43. The SMILES string of the molecule is COC(=O)c1cc(C2=CCN(C)CC2)ccc1F. The topological polar surface area (TPSA) is 29.5 Å². The Bertz CT molecular complexity index is 497. The van der Waals surface area contributed by atoms with Crippen LogP contribution < -0.4 is 0 Å². The Balaban J connectivity index is 2.32. The van der Waals surface area contributed by atoms with Crippen molar-refractivity contribution in [1.29, 1.82) is 0 Å². The van der Waals surface area contributed by atoms with Gasteiger partial charge in [0.2, 0.25) is 0 Å². The quantitative estimate of drug-likeness (QED) is 0.753. The smallest absolute Gasteiger partial charge is 0.340 e. The van der Waals surface area contributed by atoms with E-state index in [0.717, 1.165) is 30.6 Å². The number of halogens is 1. The highest BCUT2D eigenvalue weighted by Crippen LogP contribution is 2.24. The molecule has 18 heavy (non-hydrogen) atoms. The molecular formula is C14H16FNO2. The zero-order valence-corrected chi connectivity index (χ0v) is 10.6. The van der Waals surface area contributed by atoms with Gasteiger partial charge in [0.15, 0.2) is 0 Å². The molecule has 1 aromatic rings. The van der Waals surface area contributed by atoms with Crippen molar-refractivity contribution in [3.05, 3.63) is 41.2 Å². The van der Waals surface area contributed by atoms with Gasteiger partial charge in [-0.05, 0) is 36.7 Å². The van der Waals surface area contributed by atoms with Gasteiger partial charge >= 0.3 is 5.97 Å². The zero-order valence-electron chi connectivity index (χ0n) is 10.6. The summed E-state index contributed by atoms with van der Waals surface area (Å²) in [5, 5.41) is 0. The van der Waals surface area contributed by atoms with Gasteiger partial charge in [-0.1, -0.05) is 12.1 Å². The maximum atomic E-state index is 13.5. The van der Waals surface area contributed by atoms with E-state index >= 15 is 0 Å². The number of ether oxygens (including phenoxy) is 1. The summed E-state index contributed by atoms with van der Waals surface area (Å²) in [6.07, 6.45) is 3.01. The second-order valence-corrected chi connectivity index (χ2v) is 4.43. The first-order valence-electron chi connectivity index (χ1n) is 5.87. The monoisotopic (exact) mass is 249 g/mol. The molecule has 0 aliphatic carbocycles. The van der Waals surface area contributed by atoms with Gasteiger partial charge in [-0.3, -0.25) is 0 Å². The van der Waals surface area contributed by atoms with Gasteiger partial charge in [0.1, 0.15) is 5.82 Å². The van der Waals surface area contributed by atoms with Gasteiger partial charge in [-0.2, -0.15) is 0 Å². The van der Waals surface area contributed by atoms with Crippen molar-refractivity contribution in [2.24, 2.45) is 0 Å². The third-order valence-electron chi connectivity index (χ3n) is 3.15. The van der Waals surface area contributed by atoms with E-state index in [1.807, 2.05) is 0 Å². The van der Waals surface area contributed by atoms with Gasteiger partial charge in [0.05, 0.1) is 12.7 Å². The van der Waals surface area contributed by atoms with Crippen LogP contribution in [0.2, 0.25) is 0 Å². The first kappa shape index (κ1) is 12.8. The number of nitrogens with zero attached hydrogens (tertiary/aromatic N) is 1. The molecule has 0 atom stereocenters. The maximum absolute atomic E-state index is 13.5. The molecule has 1 heterocycles. The number of rotatable bonds is 2. The minimum atomic E-state index is -0.636. The lowest BCUT2D eigenvalue weighted by Crippen LogP contribution is -2.23. The van der Waals surface area contributed by atoms with E-state index in [0.29, 0.717) is 0 Å². The van der Waals surface area contributed by atoms with Gasteiger partial charge in [0.25, 0.3) is 0 Å². The summed E-state index contributed by atoms with van der Waals surface area (Å²) in [7, 11) is 3.31. The normalized spacial score (nSPS) is 16.3. The number of benzene rings is 1. The Morgan fingerprint density at radius 1 is 1.44 bits per heavy atom. The van der Waals surface area contributed by atoms with Crippen LogP contribution in [0.15, 0.2) is 24.3 Å². The number of likely N-dealkylation sites (N-methyl/N-ethyl adjacent to an activating group) is 1. The lowest BCUT2D eigenvalue weighted by Gasteiger charge is -2.22. The Labute approximate surface area is 106 Å². The molecule has 0 aromatic heterocycles. The summed E-state index contributed by atoms with van der Waals surface area (Å²) in [4.78, 5) is 13.6. The molecule has 2 rings (SSSR count). The standard InChI is InChI=1S/C14H16FNO2/c1-16-7-5-10(6-8-16)11-3-4-13(15)12(9-11)14(17)18-2/h3-5,9H,6-8H2,1-2H3. The van der Waals surface area contributed by atoms with E-state index in [-0.39, 0.29) is 5.56 Å². The van der Waals surface area contributed by atoms with Crippen molar-refractivity contribution in [2.75, 3.05) is 27.2 Å². The van der Waals surface area contributed by atoms with Gasteiger partial charge in [-0.25, -0.2) is 9.18 Å². The number of carbonyl (C=O) groups excluding carboxylic acids is 1. The van der Waals surface area contributed by atoms with E-state index < -0.39 is 11.8 Å². The summed E-state index contributed by atoms with van der Waals surface area (Å²) in [5.74, 6) is -1.18. The molecule has 1 aliphatic heterocycles.